The maximum absolute atomic E-state index is 13.1. The molecule has 6 N–H and O–H groups in total. The summed E-state index contributed by atoms with van der Waals surface area (Å²) in [6.45, 7) is 0. The summed E-state index contributed by atoms with van der Waals surface area (Å²) in [7, 11) is -6.23. The molecule has 0 saturated carbocycles. The third kappa shape index (κ3) is 3.76. The molecule has 0 radical (unpaired) electrons. The quantitative estimate of drug-likeness (QED) is 0.131. The third-order valence-corrected chi connectivity index (χ3v) is 5.69. The summed E-state index contributed by atoms with van der Waals surface area (Å²) in [4.78, 5) is -1.68. The molecule has 2 rings (SSSR count). The van der Waals surface area contributed by atoms with Gasteiger partial charge in [0.15, 0.2) is 5.84 Å². The average molecular weight is 486 g/mol. The summed E-state index contributed by atoms with van der Waals surface area (Å²) in [5.41, 5.74) is -1.17. The van der Waals surface area contributed by atoms with Gasteiger partial charge in [-0.25, -0.2) is 8.42 Å². The fraction of sp³-hybridized carbons (Fsp3) is 0.167. The predicted molar refractivity (Wildman–Crippen MR) is 89.2 cm³/mol. The number of aromatic amines is 1. The zero-order valence-electron chi connectivity index (χ0n) is 13.3. The molecule has 2 aromatic rings. The lowest BCUT2D eigenvalue weighted by Crippen LogP contribution is -2.27. The van der Waals surface area contributed by atoms with Crippen LogP contribution in [-0.4, -0.2) is 35.2 Å². The Morgan fingerprint density at radius 3 is 2.21 bits per heavy atom. The first-order chi connectivity index (χ1) is 13.1. The van der Waals surface area contributed by atoms with E-state index in [0.29, 0.717) is 0 Å². The minimum absolute atomic E-state index is 0.236. The van der Waals surface area contributed by atoms with Crippen molar-refractivity contribution in [3.05, 3.63) is 27.4 Å². The van der Waals surface area contributed by atoms with E-state index >= 15 is 0 Å². The second kappa shape index (κ2) is 7.14. The second-order valence-electron chi connectivity index (χ2n) is 5.22. The lowest BCUT2D eigenvalue weighted by molar-refractivity contribution is -0.136. The Morgan fingerprint density at radius 1 is 1.21 bits per heavy atom. The van der Waals surface area contributed by atoms with Gasteiger partial charge in [0.1, 0.15) is 16.3 Å². The SMILES string of the molecule is NC(=NO)c1[nH]nc(-c2c(Cl)cc(C(F)(F)F)c(N)c2Cl)c1S(=O)(=O)C(F)(F)F. The number of benzene rings is 1. The van der Waals surface area contributed by atoms with Crippen molar-refractivity contribution in [2.24, 2.45) is 10.9 Å². The topological polar surface area (TPSA) is 147 Å². The molecule has 0 saturated heterocycles. The molecular formula is C12H7Cl2F6N5O3S. The van der Waals surface area contributed by atoms with Crippen LogP contribution in [0.25, 0.3) is 11.3 Å². The van der Waals surface area contributed by atoms with Crippen LogP contribution in [0.4, 0.5) is 32.0 Å². The van der Waals surface area contributed by atoms with Crippen LogP contribution < -0.4 is 11.5 Å². The highest BCUT2D eigenvalue weighted by molar-refractivity contribution is 7.92. The molecular weight excluding hydrogens is 479 g/mol. The van der Waals surface area contributed by atoms with Crippen LogP contribution in [0.3, 0.4) is 0 Å². The lowest BCUT2D eigenvalue weighted by Gasteiger charge is -2.16. The van der Waals surface area contributed by atoms with Gasteiger partial charge in [-0.3, -0.25) is 5.10 Å². The Kier molecular flexibility index (Phi) is 5.64. The molecule has 0 spiro atoms. The molecule has 29 heavy (non-hydrogen) atoms. The predicted octanol–water partition coefficient (Wildman–Crippen LogP) is 3.37. The highest BCUT2D eigenvalue weighted by Gasteiger charge is 2.51. The fourth-order valence-corrected chi connectivity index (χ4v) is 3.88. The number of anilines is 1. The van der Waals surface area contributed by atoms with Crippen LogP contribution in [0, 0.1) is 0 Å². The molecule has 0 aliphatic heterocycles. The second-order valence-corrected chi connectivity index (χ2v) is 7.88. The van der Waals surface area contributed by atoms with Gasteiger partial charge >= 0.3 is 11.7 Å². The number of halogens is 8. The van der Waals surface area contributed by atoms with E-state index in [-0.39, 0.29) is 6.07 Å². The maximum Gasteiger partial charge on any atom is 0.502 e. The minimum atomic E-state index is -6.23. The number of nitrogens with two attached hydrogens (primary N) is 2. The number of nitrogens with one attached hydrogen (secondary N) is 1. The Bertz CT molecular complexity index is 1110. The Hall–Kier alpha value is -2.39. The lowest BCUT2D eigenvalue weighted by atomic mass is 10.1. The van der Waals surface area contributed by atoms with Gasteiger partial charge in [-0.2, -0.15) is 31.4 Å². The maximum atomic E-state index is 13.1. The van der Waals surface area contributed by atoms with Gasteiger partial charge in [0, 0.05) is 5.56 Å². The van der Waals surface area contributed by atoms with Crippen molar-refractivity contribution in [3.63, 3.8) is 0 Å². The van der Waals surface area contributed by atoms with E-state index in [2.05, 4.69) is 10.3 Å². The number of nitrogen functional groups attached to an aromatic ring is 1. The molecule has 0 fully saturated rings. The zero-order chi connectivity index (χ0) is 22.5. The first kappa shape index (κ1) is 22.9. The van der Waals surface area contributed by atoms with E-state index in [0.717, 1.165) is 0 Å². The number of amidine groups is 1. The van der Waals surface area contributed by atoms with Crippen molar-refractivity contribution < 1.29 is 40.0 Å². The van der Waals surface area contributed by atoms with Gasteiger partial charge in [0.25, 0.3) is 9.84 Å². The molecule has 8 nitrogen and oxygen atoms in total. The monoisotopic (exact) mass is 485 g/mol. The number of aromatic nitrogens is 2. The van der Waals surface area contributed by atoms with E-state index in [4.69, 9.17) is 39.9 Å². The Labute approximate surface area is 167 Å². The van der Waals surface area contributed by atoms with Crippen molar-refractivity contribution in [3.8, 4) is 11.3 Å². The molecule has 17 heteroatoms. The highest BCUT2D eigenvalue weighted by atomic mass is 35.5. The first-order valence-corrected chi connectivity index (χ1v) is 9.02. The number of hydrogen-bond donors (Lipinski definition) is 4. The van der Waals surface area contributed by atoms with E-state index in [1.54, 1.807) is 5.10 Å². The Morgan fingerprint density at radius 2 is 1.76 bits per heavy atom. The van der Waals surface area contributed by atoms with Crippen molar-refractivity contribution >= 4 is 44.6 Å². The highest BCUT2D eigenvalue weighted by Crippen LogP contribution is 2.47. The molecule has 0 unspecified atom stereocenters. The zero-order valence-corrected chi connectivity index (χ0v) is 15.7. The first-order valence-electron chi connectivity index (χ1n) is 6.78. The third-order valence-electron chi connectivity index (χ3n) is 3.46. The summed E-state index contributed by atoms with van der Waals surface area (Å²) < 4.78 is 102. The standard InChI is InChI=1S/C12H7Cl2F6N5O3S/c13-3-1-2(11(15,16)17)6(21)5(14)4(3)7-9(29(27,28)12(18,19)20)8(24-23-7)10(22)25-26/h1,26H,21H2,(H2,22,25)(H,23,24). The Balaban J connectivity index is 2.99. The van der Waals surface area contributed by atoms with Crippen molar-refractivity contribution in [1.29, 1.82) is 0 Å². The summed E-state index contributed by atoms with van der Waals surface area (Å²) in [6, 6.07) is 0.236. The number of rotatable bonds is 3. The van der Waals surface area contributed by atoms with E-state index in [1.165, 1.54) is 0 Å². The van der Waals surface area contributed by atoms with Crippen LogP contribution in [0.1, 0.15) is 11.3 Å². The van der Waals surface area contributed by atoms with Crippen molar-refractivity contribution in [2.75, 3.05) is 5.73 Å². The van der Waals surface area contributed by atoms with E-state index in [1.807, 2.05) is 0 Å². The number of oxime groups is 1. The van der Waals surface area contributed by atoms with Crippen molar-refractivity contribution in [1.82, 2.24) is 10.2 Å². The molecule has 160 valence electrons. The number of sulfone groups is 1. The number of nitrogens with zero attached hydrogens (tertiary/aromatic N) is 2. The summed E-state index contributed by atoms with van der Waals surface area (Å²) in [6.07, 6.45) is -5.03. The number of H-pyrrole nitrogens is 1. The summed E-state index contributed by atoms with van der Waals surface area (Å²) in [5, 5.41) is 14.2. The molecule has 0 aliphatic rings. The van der Waals surface area contributed by atoms with E-state index in [9.17, 15) is 34.8 Å². The van der Waals surface area contributed by atoms with Gasteiger partial charge in [0.05, 0.1) is 21.3 Å². The normalized spacial score (nSPS) is 13.7. The van der Waals surface area contributed by atoms with Gasteiger partial charge in [-0.15, -0.1) is 0 Å². The summed E-state index contributed by atoms with van der Waals surface area (Å²) >= 11 is 11.5. The van der Waals surface area contributed by atoms with Gasteiger partial charge in [-0.1, -0.05) is 28.4 Å². The molecule has 0 amide bonds. The largest absolute Gasteiger partial charge is 0.502 e. The van der Waals surface area contributed by atoms with Gasteiger partial charge in [0.2, 0.25) is 0 Å². The molecule has 0 bridgehead atoms. The van der Waals surface area contributed by atoms with Crippen molar-refractivity contribution in [2.45, 2.75) is 16.6 Å². The van der Waals surface area contributed by atoms with Crippen LogP contribution >= 0.6 is 23.2 Å². The smallest absolute Gasteiger partial charge is 0.409 e. The van der Waals surface area contributed by atoms with Crippen LogP contribution in [-0.2, 0) is 16.0 Å². The van der Waals surface area contributed by atoms with E-state index < -0.39 is 70.5 Å². The van der Waals surface area contributed by atoms with Crippen LogP contribution in [0.15, 0.2) is 16.1 Å². The number of alkyl halides is 6. The number of hydrogen-bond acceptors (Lipinski definition) is 6. The van der Waals surface area contributed by atoms with Crippen LogP contribution in [0.5, 0.6) is 0 Å². The fourth-order valence-electron chi connectivity index (χ4n) is 2.19. The average Bonchev–Trinajstić information content (AvgIpc) is 3.00. The molecule has 1 heterocycles. The molecule has 0 atom stereocenters. The minimum Gasteiger partial charge on any atom is -0.409 e. The molecule has 0 aliphatic carbocycles. The molecule has 1 aromatic heterocycles. The van der Waals surface area contributed by atoms with Crippen LogP contribution in [0.2, 0.25) is 10.0 Å². The van der Waals surface area contributed by atoms with Gasteiger partial charge < -0.3 is 16.7 Å². The molecule has 1 aromatic carbocycles. The van der Waals surface area contributed by atoms with Gasteiger partial charge in [-0.05, 0) is 6.07 Å². The summed E-state index contributed by atoms with van der Waals surface area (Å²) in [5.74, 6) is -1.13.